The van der Waals surface area contributed by atoms with Crippen molar-refractivity contribution >= 4 is 32.7 Å². The maximum atomic E-state index is 5.14. The van der Waals surface area contributed by atoms with E-state index in [1.54, 1.807) is 7.11 Å². The van der Waals surface area contributed by atoms with Gasteiger partial charge in [0.2, 0.25) is 0 Å². The smallest absolute Gasteiger partial charge is 0.129 e. The summed E-state index contributed by atoms with van der Waals surface area (Å²) >= 11 is 3.51. The number of methoxy groups -OCH3 is 1. The number of ether oxygens (including phenoxy) is 1. The molecule has 1 fully saturated rings. The quantitative estimate of drug-likeness (QED) is 0.848. The van der Waals surface area contributed by atoms with E-state index in [9.17, 15) is 0 Å². The van der Waals surface area contributed by atoms with Crippen LogP contribution in [0.1, 0.15) is 0 Å². The van der Waals surface area contributed by atoms with Crippen LogP contribution >= 0.6 is 15.9 Å². The van der Waals surface area contributed by atoms with E-state index in [0.717, 1.165) is 55.1 Å². The molecule has 0 spiro atoms. The second-order valence-corrected chi connectivity index (χ2v) is 6.24. The monoisotopic (exact) mass is 349 g/mol. The standard InChI is InChI=1S/C16H20BrN3O/c1-21-11-10-19-6-8-20(9-7-19)16-5-3-13-2-4-14(17)12-15(13)18-16/h2-5,12H,6-11H2,1H3. The van der Waals surface area contributed by atoms with Gasteiger partial charge in [0, 0.05) is 49.7 Å². The Morgan fingerprint density at radius 3 is 2.67 bits per heavy atom. The van der Waals surface area contributed by atoms with Gasteiger partial charge in [0.1, 0.15) is 5.82 Å². The molecule has 2 aromatic rings. The highest BCUT2D eigenvalue weighted by atomic mass is 79.9. The predicted molar refractivity (Wildman–Crippen MR) is 90.0 cm³/mol. The van der Waals surface area contributed by atoms with Gasteiger partial charge in [0.05, 0.1) is 12.1 Å². The average Bonchev–Trinajstić information content (AvgIpc) is 2.52. The van der Waals surface area contributed by atoms with Crippen molar-refractivity contribution < 1.29 is 4.74 Å². The first-order chi connectivity index (χ1) is 10.3. The lowest BCUT2D eigenvalue weighted by Crippen LogP contribution is -2.47. The Morgan fingerprint density at radius 2 is 1.90 bits per heavy atom. The van der Waals surface area contributed by atoms with E-state index in [2.05, 4.69) is 56.1 Å². The second-order valence-electron chi connectivity index (χ2n) is 5.33. The Balaban J connectivity index is 1.70. The number of hydrogen-bond donors (Lipinski definition) is 0. The van der Waals surface area contributed by atoms with Crippen molar-refractivity contribution in [3.05, 3.63) is 34.8 Å². The molecule has 1 aliphatic rings. The van der Waals surface area contributed by atoms with Crippen molar-refractivity contribution in [2.24, 2.45) is 0 Å². The minimum absolute atomic E-state index is 0.808. The van der Waals surface area contributed by atoms with E-state index in [1.165, 1.54) is 5.39 Å². The van der Waals surface area contributed by atoms with Gasteiger partial charge < -0.3 is 9.64 Å². The topological polar surface area (TPSA) is 28.6 Å². The number of anilines is 1. The summed E-state index contributed by atoms with van der Waals surface area (Å²) in [6.45, 7) is 6.01. The second kappa shape index (κ2) is 6.73. The zero-order valence-corrected chi connectivity index (χ0v) is 13.8. The molecule has 0 unspecified atom stereocenters. The van der Waals surface area contributed by atoms with Crippen LogP contribution < -0.4 is 4.90 Å². The zero-order valence-electron chi connectivity index (χ0n) is 12.3. The predicted octanol–water partition coefficient (Wildman–Crippen LogP) is 2.77. The maximum Gasteiger partial charge on any atom is 0.129 e. The summed E-state index contributed by atoms with van der Waals surface area (Å²) in [5, 5.41) is 1.18. The molecule has 3 rings (SSSR count). The average molecular weight is 350 g/mol. The summed E-state index contributed by atoms with van der Waals surface area (Å²) in [4.78, 5) is 9.61. The van der Waals surface area contributed by atoms with Crippen LogP contribution in [0.2, 0.25) is 0 Å². The largest absolute Gasteiger partial charge is 0.383 e. The normalized spacial score (nSPS) is 16.6. The minimum atomic E-state index is 0.808. The first kappa shape index (κ1) is 14.8. The van der Waals surface area contributed by atoms with Crippen LogP contribution in [0.25, 0.3) is 10.9 Å². The number of pyridine rings is 1. The van der Waals surface area contributed by atoms with Crippen LogP contribution in [0.5, 0.6) is 0 Å². The third-order valence-electron chi connectivity index (χ3n) is 3.95. The molecule has 4 nitrogen and oxygen atoms in total. The van der Waals surface area contributed by atoms with Crippen molar-refractivity contribution in [3.63, 3.8) is 0 Å². The molecule has 1 aliphatic heterocycles. The number of benzene rings is 1. The lowest BCUT2D eigenvalue weighted by molar-refractivity contribution is 0.144. The van der Waals surface area contributed by atoms with Crippen molar-refractivity contribution in [1.29, 1.82) is 0 Å². The molecule has 1 aromatic carbocycles. The van der Waals surface area contributed by atoms with E-state index >= 15 is 0 Å². The van der Waals surface area contributed by atoms with Gasteiger partial charge in [0.15, 0.2) is 0 Å². The van der Waals surface area contributed by atoms with Crippen LogP contribution in [0.4, 0.5) is 5.82 Å². The summed E-state index contributed by atoms with van der Waals surface area (Å²) in [6, 6.07) is 10.5. The van der Waals surface area contributed by atoms with Gasteiger partial charge in [-0.2, -0.15) is 0 Å². The Hall–Kier alpha value is -1.17. The molecule has 112 valence electrons. The Bertz CT molecular complexity index is 611. The number of halogens is 1. The molecule has 5 heteroatoms. The van der Waals surface area contributed by atoms with Crippen molar-refractivity contribution in [3.8, 4) is 0 Å². The molecule has 0 aliphatic carbocycles. The number of rotatable bonds is 4. The molecule has 0 radical (unpaired) electrons. The van der Waals surface area contributed by atoms with Gasteiger partial charge >= 0.3 is 0 Å². The molecule has 21 heavy (non-hydrogen) atoms. The summed E-state index contributed by atoms with van der Waals surface area (Å²) in [6.07, 6.45) is 0. The summed E-state index contributed by atoms with van der Waals surface area (Å²) < 4.78 is 6.22. The zero-order chi connectivity index (χ0) is 14.7. The number of piperazine rings is 1. The Labute approximate surface area is 133 Å². The first-order valence-corrected chi connectivity index (χ1v) is 8.08. The fourth-order valence-corrected chi connectivity index (χ4v) is 3.03. The molecule has 1 aromatic heterocycles. The number of nitrogens with zero attached hydrogens (tertiary/aromatic N) is 3. The van der Waals surface area contributed by atoms with Gasteiger partial charge in [-0.25, -0.2) is 4.98 Å². The highest BCUT2D eigenvalue weighted by Crippen LogP contribution is 2.22. The highest BCUT2D eigenvalue weighted by molar-refractivity contribution is 9.10. The van der Waals surface area contributed by atoms with Crippen LogP contribution in [0.3, 0.4) is 0 Å². The van der Waals surface area contributed by atoms with Crippen LogP contribution in [0.15, 0.2) is 34.8 Å². The molecular weight excluding hydrogens is 330 g/mol. The van der Waals surface area contributed by atoms with Crippen LogP contribution in [-0.4, -0.2) is 56.3 Å². The third-order valence-corrected chi connectivity index (χ3v) is 4.44. The SMILES string of the molecule is COCCN1CCN(c2ccc3ccc(Br)cc3n2)CC1. The van der Waals surface area contributed by atoms with Gasteiger partial charge in [-0.15, -0.1) is 0 Å². The summed E-state index contributed by atoms with van der Waals surface area (Å²) in [7, 11) is 1.76. The highest BCUT2D eigenvalue weighted by Gasteiger charge is 2.17. The first-order valence-electron chi connectivity index (χ1n) is 7.29. The van der Waals surface area contributed by atoms with Crippen LogP contribution in [0, 0.1) is 0 Å². The lowest BCUT2D eigenvalue weighted by Gasteiger charge is -2.35. The molecule has 0 amide bonds. The van der Waals surface area contributed by atoms with E-state index < -0.39 is 0 Å². The maximum absolute atomic E-state index is 5.14. The Kier molecular flexibility index (Phi) is 4.73. The fraction of sp³-hybridized carbons (Fsp3) is 0.438. The van der Waals surface area contributed by atoms with Crippen molar-refractivity contribution in [1.82, 2.24) is 9.88 Å². The third kappa shape index (κ3) is 3.54. The van der Waals surface area contributed by atoms with E-state index in [4.69, 9.17) is 9.72 Å². The van der Waals surface area contributed by atoms with Crippen LogP contribution in [-0.2, 0) is 4.74 Å². The van der Waals surface area contributed by atoms with Gasteiger partial charge in [0.25, 0.3) is 0 Å². The van der Waals surface area contributed by atoms with Gasteiger partial charge in [-0.1, -0.05) is 22.0 Å². The van der Waals surface area contributed by atoms with E-state index in [1.807, 2.05) is 0 Å². The number of hydrogen-bond acceptors (Lipinski definition) is 4. The van der Waals surface area contributed by atoms with Gasteiger partial charge in [-0.3, -0.25) is 4.90 Å². The Morgan fingerprint density at radius 1 is 1.14 bits per heavy atom. The fourth-order valence-electron chi connectivity index (χ4n) is 2.68. The number of aromatic nitrogens is 1. The van der Waals surface area contributed by atoms with E-state index in [-0.39, 0.29) is 0 Å². The van der Waals surface area contributed by atoms with Crippen molar-refractivity contribution in [2.75, 3.05) is 51.3 Å². The molecule has 2 heterocycles. The van der Waals surface area contributed by atoms with E-state index in [0.29, 0.717) is 0 Å². The molecular formula is C16H20BrN3O. The summed E-state index contributed by atoms with van der Waals surface area (Å²) in [5.41, 5.74) is 1.05. The van der Waals surface area contributed by atoms with Gasteiger partial charge in [-0.05, 0) is 24.3 Å². The molecule has 0 saturated carbocycles. The summed E-state index contributed by atoms with van der Waals surface area (Å²) in [5.74, 6) is 1.08. The molecule has 1 saturated heterocycles. The minimum Gasteiger partial charge on any atom is -0.383 e. The molecule has 0 atom stereocenters. The lowest BCUT2D eigenvalue weighted by atomic mass is 10.2. The van der Waals surface area contributed by atoms with Crippen molar-refractivity contribution in [2.45, 2.75) is 0 Å². The molecule has 0 N–H and O–H groups in total. The number of fused-ring (bicyclic) bond motifs is 1. The molecule has 0 bridgehead atoms.